The van der Waals surface area contributed by atoms with Gasteiger partial charge >= 0.3 is 0 Å². The van der Waals surface area contributed by atoms with Crippen LogP contribution in [0.1, 0.15) is 53.8 Å². The highest BCUT2D eigenvalue weighted by Gasteiger charge is 2.33. The van der Waals surface area contributed by atoms with Gasteiger partial charge in [0.15, 0.2) is 0 Å². The molecular weight excluding hydrogens is 412 g/mol. The number of hydrogen-bond donors (Lipinski definition) is 1. The molecule has 0 saturated carbocycles. The van der Waals surface area contributed by atoms with Crippen LogP contribution in [0, 0.1) is 0 Å². The molecule has 1 amide bonds. The summed E-state index contributed by atoms with van der Waals surface area (Å²) in [5, 5.41) is 3.55. The van der Waals surface area contributed by atoms with Gasteiger partial charge in [0.05, 0.1) is 5.56 Å². The van der Waals surface area contributed by atoms with E-state index < -0.39 is 0 Å². The third-order valence-corrected chi connectivity index (χ3v) is 5.99. The van der Waals surface area contributed by atoms with E-state index >= 15 is 0 Å². The number of halogens is 1. The van der Waals surface area contributed by atoms with E-state index in [-0.39, 0.29) is 12.1 Å². The van der Waals surface area contributed by atoms with Gasteiger partial charge in [-0.25, -0.2) is 0 Å². The zero-order valence-electron chi connectivity index (χ0n) is 16.0. The fraction of sp³-hybridized carbons (Fsp3) is 0.208. The van der Waals surface area contributed by atoms with Crippen LogP contribution < -0.4 is 10.2 Å². The van der Waals surface area contributed by atoms with Gasteiger partial charge in [0.2, 0.25) is 0 Å². The lowest BCUT2D eigenvalue weighted by Crippen LogP contribution is -2.43. The molecule has 1 N–H and O–H groups in total. The van der Waals surface area contributed by atoms with E-state index in [0.29, 0.717) is 11.5 Å². The van der Waals surface area contributed by atoms with Crippen LogP contribution >= 0.6 is 15.9 Å². The molecule has 0 aromatic heterocycles. The van der Waals surface area contributed by atoms with Crippen molar-refractivity contribution in [2.75, 3.05) is 10.2 Å². The van der Waals surface area contributed by atoms with Gasteiger partial charge in [0.25, 0.3) is 5.91 Å². The topological polar surface area (TPSA) is 32.3 Å². The maximum atomic E-state index is 13.4. The number of rotatable bonds is 4. The van der Waals surface area contributed by atoms with E-state index in [4.69, 9.17) is 0 Å². The fourth-order valence-corrected chi connectivity index (χ4v) is 3.86. The lowest BCUT2D eigenvalue weighted by molar-refractivity contribution is 0.0975. The van der Waals surface area contributed by atoms with E-state index in [1.807, 2.05) is 53.4 Å². The van der Waals surface area contributed by atoms with Crippen LogP contribution in [0.2, 0.25) is 0 Å². The number of carbonyl (C=O) groups is 1. The van der Waals surface area contributed by atoms with Crippen molar-refractivity contribution in [2.45, 2.75) is 32.4 Å². The molecule has 4 rings (SSSR count). The third-order valence-electron chi connectivity index (χ3n) is 5.47. The lowest BCUT2D eigenvalue weighted by atomic mass is 9.97. The summed E-state index contributed by atoms with van der Waals surface area (Å²) in [4.78, 5) is 15.3. The molecule has 2 unspecified atom stereocenters. The normalized spacial score (nSPS) is 17.0. The highest BCUT2D eigenvalue weighted by molar-refractivity contribution is 9.10. The molecule has 3 aromatic rings. The number of nitrogens with one attached hydrogen (secondary N) is 1. The summed E-state index contributed by atoms with van der Waals surface area (Å²) in [6.07, 6.45) is 0.836. The quantitative estimate of drug-likeness (QED) is 0.493. The predicted octanol–water partition coefficient (Wildman–Crippen LogP) is 6.73. The first-order valence-electron chi connectivity index (χ1n) is 9.63. The van der Waals surface area contributed by atoms with Gasteiger partial charge in [-0.2, -0.15) is 0 Å². The molecule has 0 aliphatic carbocycles. The molecule has 1 aliphatic heterocycles. The maximum Gasteiger partial charge on any atom is 0.262 e. The Hall–Kier alpha value is -2.59. The largest absolute Gasteiger partial charge is 0.360 e. The molecule has 0 radical (unpaired) electrons. The van der Waals surface area contributed by atoms with Crippen LogP contribution in [0.5, 0.6) is 0 Å². The van der Waals surface area contributed by atoms with E-state index in [1.165, 1.54) is 5.56 Å². The molecule has 3 aromatic carbocycles. The number of anilines is 2. The Bertz CT molecular complexity index is 982. The van der Waals surface area contributed by atoms with Crippen molar-refractivity contribution in [3.8, 4) is 0 Å². The average Bonchev–Trinajstić information content (AvgIpc) is 2.74. The summed E-state index contributed by atoms with van der Waals surface area (Å²) in [6, 6.07) is 24.2. The summed E-state index contributed by atoms with van der Waals surface area (Å²) >= 11 is 3.49. The van der Waals surface area contributed by atoms with Gasteiger partial charge in [-0.15, -0.1) is 0 Å². The van der Waals surface area contributed by atoms with E-state index in [2.05, 4.69) is 59.4 Å². The number of para-hydroxylation sites is 1. The Morgan fingerprint density at radius 2 is 1.68 bits per heavy atom. The van der Waals surface area contributed by atoms with E-state index in [9.17, 15) is 4.79 Å². The van der Waals surface area contributed by atoms with Crippen molar-refractivity contribution < 1.29 is 4.79 Å². The zero-order chi connectivity index (χ0) is 19.7. The Morgan fingerprint density at radius 3 is 2.36 bits per heavy atom. The van der Waals surface area contributed by atoms with Crippen molar-refractivity contribution >= 4 is 33.2 Å². The zero-order valence-corrected chi connectivity index (χ0v) is 17.6. The molecule has 0 saturated heterocycles. The molecule has 0 spiro atoms. The van der Waals surface area contributed by atoms with Crippen LogP contribution in [-0.4, -0.2) is 5.91 Å². The predicted molar refractivity (Wildman–Crippen MR) is 119 cm³/mol. The number of amides is 1. The third kappa shape index (κ3) is 3.45. The second-order valence-corrected chi connectivity index (χ2v) is 8.14. The molecule has 1 heterocycles. The van der Waals surface area contributed by atoms with Gasteiger partial charge in [-0.3, -0.25) is 9.69 Å². The summed E-state index contributed by atoms with van der Waals surface area (Å²) < 4.78 is 1.02. The van der Waals surface area contributed by atoms with Gasteiger partial charge < -0.3 is 5.32 Å². The number of carbonyl (C=O) groups excluding carboxylic acids is 1. The standard InChI is InChI=1S/C24H23BrN2O/c1-3-16(2)17-10-14-20(15-11-17)27-23(18-8-12-19(25)13-9-18)26-22-7-5-4-6-21(22)24(27)28/h4-16,23,26H,3H2,1-2H3. The number of hydrogen-bond acceptors (Lipinski definition) is 2. The monoisotopic (exact) mass is 434 g/mol. The molecule has 0 bridgehead atoms. The molecule has 3 nitrogen and oxygen atoms in total. The minimum atomic E-state index is -0.259. The lowest BCUT2D eigenvalue weighted by Gasteiger charge is -2.38. The van der Waals surface area contributed by atoms with Crippen LogP contribution in [0.4, 0.5) is 11.4 Å². The molecule has 4 heteroatoms. The Kier molecular flexibility index (Phi) is 5.23. The van der Waals surface area contributed by atoms with Crippen molar-refractivity contribution in [2.24, 2.45) is 0 Å². The van der Waals surface area contributed by atoms with Crippen LogP contribution in [0.3, 0.4) is 0 Å². The molecule has 1 aliphatic rings. The van der Waals surface area contributed by atoms with Gasteiger partial charge in [-0.05, 0) is 59.9 Å². The van der Waals surface area contributed by atoms with Crippen molar-refractivity contribution in [1.82, 2.24) is 0 Å². The Balaban J connectivity index is 1.78. The second-order valence-electron chi connectivity index (χ2n) is 7.22. The summed E-state index contributed by atoms with van der Waals surface area (Å²) in [7, 11) is 0. The summed E-state index contributed by atoms with van der Waals surface area (Å²) in [6.45, 7) is 4.42. The van der Waals surface area contributed by atoms with Crippen LogP contribution in [-0.2, 0) is 0 Å². The van der Waals surface area contributed by atoms with Gasteiger partial charge in [-0.1, -0.05) is 66.2 Å². The molecule has 28 heavy (non-hydrogen) atoms. The minimum absolute atomic E-state index is 0.0126. The second kappa shape index (κ2) is 7.80. The first kappa shape index (κ1) is 18.8. The number of benzene rings is 3. The first-order chi connectivity index (χ1) is 13.6. The van der Waals surface area contributed by atoms with Crippen molar-refractivity contribution in [3.63, 3.8) is 0 Å². The van der Waals surface area contributed by atoms with Crippen LogP contribution in [0.25, 0.3) is 0 Å². The highest BCUT2D eigenvalue weighted by atomic mass is 79.9. The molecule has 2 atom stereocenters. The molecule has 0 fully saturated rings. The summed E-state index contributed by atoms with van der Waals surface area (Å²) in [5.74, 6) is 0.519. The summed E-state index contributed by atoms with van der Waals surface area (Å²) in [5.41, 5.74) is 4.79. The Morgan fingerprint density at radius 1 is 1.00 bits per heavy atom. The van der Waals surface area contributed by atoms with E-state index in [1.54, 1.807) is 0 Å². The molecule has 142 valence electrons. The maximum absolute atomic E-state index is 13.4. The van der Waals surface area contributed by atoms with E-state index in [0.717, 1.165) is 27.8 Å². The van der Waals surface area contributed by atoms with Crippen LogP contribution in [0.15, 0.2) is 77.3 Å². The SMILES string of the molecule is CCC(C)c1ccc(N2C(=O)c3ccccc3NC2c2ccc(Br)cc2)cc1. The fourth-order valence-electron chi connectivity index (χ4n) is 3.60. The molecular formula is C24H23BrN2O. The van der Waals surface area contributed by atoms with Crippen molar-refractivity contribution in [3.05, 3.63) is 94.0 Å². The minimum Gasteiger partial charge on any atom is -0.360 e. The Labute approximate surface area is 174 Å². The smallest absolute Gasteiger partial charge is 0.262 e. The van der Waals surface area contributed by atoms with Gasteiger partial charge in [0, 0.05) is 15.8 Å². The highest BCUT2D eigenvalue weighted by Crippen LogP contribution is 2.37. The number of fused-ring (bicyclic) bond motifs is 1. The van der Waals surface area contributed by atoms with Gasteiger partial charge in [0.1, 0.15) is 6.17 Å². The van der Waals surface area contributed by atoms with Crippen molar-refractivity contribution in [1.29, 1.82) is 0 Å². The number of nitrogens with zero attached hydrogens (tertiary/aromatic N) is 1. The first-order valence-corrected chi connectivity index (χ1v) is 10.4. The average molecular weight is 435 g/mol.